The lowest BCUT2D eigenvalue weighted by atomic mass is 10.2. The van der Waals surface area contributed by atoms with Crippen LogP contribution in [-0.4, -0.2) is 48.1 Å². The van der Waals surface area contributed by atoms with Gasteiger partial charge in [0.1, 0.15) is 11.6 Å². The monoisotopic (exact) mass is 385 g/mol. The van der Waals surface area contributed by atoms with Crippen LogP contribution in [0.5, 0.6) is 0 Å². The maximum atomic E-state index is 13.1. The Hall–Kier alpha value is -2.44. The molecule has 0 atom stereocenters. The van der Waals surface area contributed by atoms with Gasteiger partial charge in [-0.15, -0.1) is 0 Å². The summed E-state index contributed by atoms with van der Waals surface area (Å²) in [7, 11) is 2.12. The van der Waals surface area contributed by atoms with E-state index in [0.717, 1.165) is 54.4 Å². The third kappa shape index (κ3) is 4.12. The van der Waals surface area contributed by atoms with Crippen LogP contribution in [-0.2, 0) is 6.54 Å². The zero-order valence-corrected chi connectivity index (χ0v) is 15.9. The highest BCUT2D eigenvalue weighted by Gasteiger charge is 2.18. The van der Waals surface area contributed by atoms with Gasteiger partial charge in [-0.05, 0) is 42.9 Å². The SMILES string of the molecule is CN1CCN(c2nc(NCc3ccc(F)cc3)c3cc(Cl)ccc3n2)CC1. The van der Waals surface area contributed by atoms with Crippen LogP contribution in [0.25, 0.3) is 10.9 Å². The number of hydrogen-bond acceptors (Lipinski definition) is 5. The largest absolute Gasteiger partial charge is 0.365 e. The lowest BCUT2D eigenvalue weighted by Gasteiger charge is -2.32. The van der Waals surface area contributed by atoms with E-state index in [-0.39, 0.29) is 5.82 Å². The van der Waals surface area contributed by atoms with Crippen LogP contribution in [0.1, 0.15) is 5.56 Å². The van der Waals surface area contributed by atoms with Crippen LogP contribution in [0.3, 0.4) is 0 Å². The van der Waals surface area contributed by atoms with Crippen LogP contribution in [0.15, 0.2) is 42.5 Å². The van der Waals surface area contributed by atoms with Crippen LogP contribution < -0.4 is 10.2 Å². The number of piperazine rings is 1. The molecule has 0 saturated carbocycles. The quantitative estimate of drug-likeness (QED) is 0.740. The Labute approximate surface area is 162 Å². The van der Waals surface area contributed by atoms with Crippen molar-refractivity contribution in [2.75, 3.05) is 43.4 Å². The van der Waals surface area contributed by atoms with E-state index in [1.54, 1.807) is 12.1 Å². The molecule has 0 amide bonds. The highest BCUT2D eigenvalue weighted by molar-refractivity contribution is 6.31. The third-order valence-corrected chi connectivity index (χ3v) is 5.04. The van der Waals surface area contributed by atoms with Gasteiger partial charge in [0.05, 0.1) is 5.52 Å². The number of hydrogen-bond donors (Lipinski definition) is 1. The predicted octanol–water partition coefficient (Wildman–Crippen LogP) is 3.79. The molecule has 1 aromatic heterocycles. The normalized spacial score (nSPS) is 15.3. The van der Waals surface area contributed by atoms with Crippen molar-refractivity contribution in [1.82, 2.24) is 14.9 Å². The first-order valence-electron chi connectivity index (χ1n) is 8.97. The predicted molar refractivity (Wildman–Crippen MR) is 108 cm³/mol. The second-order valence-corrected chi connectivity index (χ2v) is 7.24. The van der Waals surface area contributed by atoms with Gasteiger partial charge in [-0.25, -0.2) is 9.37 Å². The molecule has 3 aromatic rings. The van der Waals surface area contributed by atoms with E-state index >= 15 is 0 Å². The smallest absolute Gasteiger partial charge is 0.227 e. The van der Waals surface area contributed by atoms with Gasteiger partial charge < -0.3 is 15.1 Å². The number of halogens is 2. The Morgan fingerprint density at radius 1 is 1.04 bits per heavy atom. The summed E-state index contributed by atoms with van der Waals surface area (Å²) >= 11 is 6.19. The Kier molecular flexibility index (Phi) is 5.09. The van der Waals surface area contributed by atoms with Crippen molar-refractivity contribution in [1.29, 1.82) is 0 Å². The topological polar surface area (TPSA) is 44.3 Å². The number of nitrogens with one attached hydrogen (secondary N) is 1. The van der Waals surface area contributed by atoms with Gasteiger partial charge in [0.2, 0.25) is 5.95 Å². The number of aromatic nitrogens is 2. The molecular weight excluding hydrogens is 365 g/mol. The number of rotatable bonds is 4. The molecule has 0 radical (unpaired) electrons. The lowest BCUT2D eigenvalue weighted by molar-refractivity contribution is 0.311. The van der Waals surface area contributed by atoms with Crippen LogP contribution in [0.4, 0.5) is 16.2 Å². The van der Waals surface area contributed by atoms with E-state index in [0.29, 0.717) is 11.6 Å². The van der Waals surface area contributed by atoms with Crippen molar-refractivity contribution in [2.24, 2.45) is 0 Å². The van der Waals surface area contributed by atoms with E-state index in [1.807, 2.05) is 18.2 Å². The van der Waals surface area contributed by atoms with Crippen molar-refractivity contribution in [2.45, 2.75) is 6.54 Å². The molecule has 140 valence electrons. The molecule has 0 aliphatic carbocycles. The zero-order valence-electron chi connectivity index (χ0n) is 15.1. The van der Waals surface area contributed by atoms with Gasteiger partial charge in [-0.3, -0.25) is 0 Å². The standard InChI is InChI=1S/C20H21ClFN5/c1-26-8-10-27(11-9-26)20-24-18-7-4-15(21)12-17(18)19(25-20)23-13-14-2-5-16(22)6-3-14/h2-7,12H,8-11,13H2,1H3,(H,23,24,25). The van der Waals surface area contributed by atoms with Gasteiger partial charge in [-0.2, -0.15) is 4.98 Å². The molecule has 27 heavy (non-hydrogen) atoms. The molecule has 2 heterocycles. The molecule has 0 spiro atoms. The van der Waals surface area contributed by atoms with Crippen molar-refractivity contribution in [3.8, 4) is 0 Å². The molecule has 2 aromatic carbocycles. The molecular formula is C20H21ClFN5. The average Bonchev–Trinajstić information content (AvgIpc) is 2.68. The summed E-state index contributed by atoms with van der Waals surface area (Å²) in [6.07, 6.45) is 0. The van der Waals surface area contributed by atoms with Crippen LogP contribution in [0.2, 0.25) is 5.02 Å². The van der Waals surface area contributed by atoms with E-state index in [9.17, 15) is 4.39 Å². The van der Waals surface area contributed by atoms with Crippen LogP contribution in [0, 0.1) is 5.82 Å². The highest BCUT2D eigenvalue weighted by atomic mass is 35.5. The highest BCUT2D eigenvalue weighted by Crippen LogP contribution is 2.27. The van der Waals surface area contributed by atoms with Crippen molar-refractivity contribution in [3.05, 3.63) is 58.9 Å². The van der Waals surface area contributed by atoms with E-state index in [4.69, 9.17) is 21.6 Å². The molecule has 0 unspecified atom stereocenters. The summed E-state index contributed by atoms with van der Waals surface area (Å²) in [4.78, 5) is 14.0. The molecule has 1 fully saturated rings. The first kappa shape index (κ1) is 17.9. The molecule has 4 rings (SSSR count). The molecule has 5 nitrogen and oxygen atoms in total. The number of nitrogens with zero attached hydrogens (tertiary/aromatic N) is 4. The number of anilines is 2. The third-order valence-electron chi connectivity index (χ3n) is 4.81. The summed E-state index contributed by atoms with van der Waals surface area (Å²) in [5.74, 6) is 1.22. The van der Waals surface area contributed by atoms with Gasteiger partial charge in [0.15, 0.2) is 0 Å². The maximum Gasteiger partial charge on any atom is 0.227 e. The summed E-state index contributed by atoms with van der Waals surface area (Å²) in [6, 6.07) is 12.1. The van der Waals surface area contributed by atoms with Gasteiger partial charge >= 0.3 is 0 Å². The molecule has 7 heteroatoms. The first-order valence-corrected chi connectivity index (χ1v) is 9.35. The zero-order chi connectivity index (χ0) is 18.8. The number of likely N-dealkylation sites (N-methyl/N-ethyl adjacent to an activating group) is 1. The van der Waals surface area contributed by atoms with E-state index in [2.05, 4.69) is 22.2 Å². The second-order valence-electron chi connectivity index (χ2n) is 6.80. The first-order chi connectivity index (χ1) is 13.1. The minimum absolute atomic E-state index is 0.240. The average molecular weight is 386 g/mol. The number of fused-ring (bicyclic) bond motifs is 1. The summed E-state index contributed by atoms with van der Waals surface area (Å²) in [5.41, 5.74) is 1.83. The Balaban J connectivity index is 1.65. The summed E-state index contributed by atoms with van der Waals surface area (Å²) in [5, 5.41) is 4.89. The van der Waals surface area contributed by atoms with Crippen molar-refractivity contribution < 1.29 is 4.39 Å². The van der Waals surface area contributed by atoms with E-state index in [1.165, 1.54) is 12.1 Å². The Morgan fingerprint density at radius 3 is 2.52 bits per heavy atom. The maximum absolute atomic E-state index is 13.1. The van der Waals surface area contributed by atoms with Gasteiger partial charge in [0, 0.05) is 43.1 Å². The fraction of sp³-hybridized carbons (Fsp3) is 0.300. The second kappa shape index (κ2) is 7.66. The minimum atomic E-state index is -0.240. The Morgan fingerprint density at radius 2 is 1.78 bits per heavy atom. The molecule has 1 aliphatic rings. The fourth-order valence-electron chi connectivity index (χ4n) is 3.16. The van der Waals surface area contributed by atoms with Crippen molar-refractivity contribution >= 4 is 34.3 Å². The lowest BCUT2D eigenvalue weighted by Crippen LogP contribution is -2.45. The van der Waals surface area contributed by atoms with E-state index < -0.39 is 0 Å². The van der Waals surface area contributed by atoms with Crippen LogP contribution >= 0.6 is 11.6 Å². The van der Waals surface area contributed by atoms with Crippen molar-refractivity contribution in [3.63, 3.8) is 0 Å². The van der Waals surface area contributed by atoms with Gasteiger partial charge in [-0.1, -0.05) is 23.7 Å². The van der Waals surface area contributed by atoms with Gasteiger partial charge in [0.25, 0.3) is 0 Å². The summed E-state index contributed by atoms with van der Waals surface area (Å²) in [6.45, 7) is 4.31. The Bertz CT molecular complexity index is 939. The molecule has 1 saturated heterocycles. The molecule has 1 aliphatic heterocycles. The summed E-state index contributed by atoms with van der Waals surface area (Å²) < 4.78 is 13.1. The number of benzene rings is 2. The fourth-order valence-corrected chi connectivity index (χ4v) is 3.33. The molecule has 0 bridgehead atoms. The minimum Gasteiger partial charge on any atom is -0.365 e. The molecule has 1 N–H and O–H groups in total.